The number of rotatable bonds is 6. The van der Waals surface area contributed by atoms with Crippen LogP contribution in [0.3, 0.4) is 0 Å². The van der Waals surface area contributed by atoms with Crippen LogP contribution in [-0.4, -0.2) is 0 Å². The van der Waals surface area contributed by atoms with E-state index >= 15 is 0 Å². The summed E-state index contributed by atoms with van der Waals surface area (Å²) in [5, 5.41) is 19.6. The standard InChI is InChI=1S/C76H46O/c1-2-24-54-47(18-1)19-14-35-58(54)73-62-27-5-3-25-60(62)72(61-26-4-6-28-63(61)73)53-23-13-20-52(46-53)55-34-15-21-50-44-48(40-42-56(50)55)49-41-43-57-51(45-49)22-16-36-59(57)74-64-29-7-9-31-66(64)75(67-32-10-8-30-65(67)74)69-37-17-39-71-76(69)68-33-11-12-38-70(68)77-71/h1-46H. The summed E-state index contributed by atoms with van der Waals surface area (Å²) in [6.07, 6.45) is 0. The van der Waals surface area contributed by atoms with Crippen molar-refractivity contribution in [3.63, 3.8) is 0 Å². The van der Waals surface area contributed by atoms with Crippen molar-refractivity contribution < 1.29 is 4.42 Å². The maximum absolute atomic E-state index is 6.43. The average Bonchev–Trinajstić information content (AvgIpc) is 3.96. The molecule has 0 N–H and O–H groups in total. The summed E-state index contributed by atoms with van der Waals surface area (Å²) in [5.41, 5.74) is 16.5. The summed E-state index contributed by atoms with van der Waals surface area (Å²) in [5.74, 6) is 0. The zero-order valence-electron chi connectivity index (χ0n) is 42.0. The van der Waals surface area contributed by atoms with E-state index < -0.39 is 0 Å². The fourth-order valence-corrected chi connectivity index (χ4v) is 13.1. The Kier molecular flexibility index (Phi) is 9.71. The quantitative estimate of drug-likeness (QED) is 0.151. The maximum Gasteiger partial charge on any atom is 0.136 e. The fraction of sp³-hybridized carbons (Fsp3) is 0. The van der Waals surface area contributed by atoms with Crippen molar-refractivity contribution in [3.8, 4) is 66.8 Å². The van der Waals surface area contributed by atoms with E-state index in [0.29, 0.717) is 0 Å². The van der Waals surface area contributed by atoms with E-state index in [4.69, 9.17) is 4.42 Å². The van der Waals surface area contributed by atoms with Gasteiger partial charge in [0, 0.05) is 10.8 Å². The predicted octanol–water partition coefficient (Wildman–Crippen LogP) is 21.7. The van der Waals surface area contributed by atoms with Crippen molar-refractivity contribution in [2.24, 2.45) is 0 Å². The van der Waals surface area contributed by atoms with E-state index in [1.54, 1.807) is 0 Å². The molecule has 0 unspecified atom stereocenters. The third kappa shape index (κ3) is 6.74. The average molecular weight is 975 g/mol. The zero-order valence-corrected chi connectivity index (χ0v) is 42.0. The molecule has 1 heterocycles. The second-order valence-corrected chi connectivity index (χ2v) is 20.5. The number of benzene rings is 15. The molecule has 0 spiro atoms. The molecule has 1 aromatic heterocycles. The summed E-state index contributed by atoms with van der Waals surface area (Å²) in [7, 11) is 0. The lowest BCUT2D eigenvalue weighted by molar-refractivity contribution is 0.669. The predicted molar refractivity (Wildman–Crippen MR) is 329 cm³/mol. The number of hydrogen-bond acceptors (Lipinski definition) is 1. The molecule has 0 aliphatic heterocycles. The Labute approximate surface area is 445 Å². The summed E-state index contributed by atoms with van der Waals surface area (Å²) < 4.78 is 6.43. The van der Waals surface area contributed by atoms with Crippen LogP contribution in [0.2, 0.25) is 0 Å². The van der Waals surface area contributed by atoms with Gasteiger partial charge in [0.25, 0.3) is 0 Å². The molecule has 0 atom stereocenters. The van der Waals surface area contributed by atoms with E-state index in [1.807, 2.05) is 6.07 Å². The van der Waals surface area contributed by atoms with E-state index in [2.05, 4.69) is 273 Å². The number of hydrogen-bond donors (Lipinski definition) is 0. The Balaban J connectivity index is 0.795. The van der Waals surface area contributed by atoms with Crippen LogP contribution in [0, 0.1) is 0 Å². The molecule has 16 aromatic rings. The monoisotopic (exact) mass is 974 g/mol. The third-order valence-electron chi connectivity index (χ3n) is 16.4. The van der Waals surface area contributed by atoms with Gasteiger partial charge >= 0.3 is 0 Å². The van der Waals surface area contributed by atoms with E-state index in [-0.39, 0.29) is 0 Å². The molecule has 356 valence electrons. The Bertz CT molecular complexity index is 4990. The van der Waals surface area contributed by atoms with Crippen LogP contribution in [0.25, 0.3) is 164 Å². The Morgan fingerprint density at radius 1 is 0.182 bits per heavy atom. The summed E-state index contributed by atoms with van der Waals surface area (Å²) >= 11 is 0. The van der Waals surface area contributed by atoms with E-state index in [0.717, 1.165) is 21.9 Å². The molecule has 0 aliphatic rings. The fourth-order valence-electron chi connectivity index (χ4n) is 13.1. The molecule has 16 rings (SSSR count). The Morgan fingerprint density at radius 3 is 1.12 bits per heavy atom. The first-order valence-corrected chi connectivity index (χ1v) is 26.6. The van der Waals surface area contributed by atoms with Gasteiger partial charge in [-0.25, -0.2) is 0 Å². The van der Waals surface area contributed by atoms with Gasteiger partial charge in [0.05, 0.1) is 0 Å². The summed E-state index contributed by atoms with van der Waals surface area (Å²) in [6, 6.07) is 103. The van der Waals surface area contributed by atoms with Gasteiger partial charge < -0.3 is 4.42 Å². The van der Waals surface area contributed by atoms with Crippen molar-refractivity contribution >= 4 is 97.3 Å². The van der Waals surface area contributed by atoms with Crippen molar-refractivity contribution in [2.75, 3.05) is 0 Å². The minimum atomic E-state index is 0.904. The summed E-state index contributed by atoms with van der Waals surface area (Å²) in [4.78, 5) is 0. The van der Waals surface area contributed by atoms with Gasteiger partial charge in [0.15, 0.2) is 0 Å². The smallest absolute Gasteiger partial charge is 0.136 e. The molecule has 0 aliphatic carbocycles. The van der Waals surface area contributed by atoms with Crippen LogP contribution in [0.4, 0.5) is 0 Å². The SMILES string of the molecule is c1cc(-c2cccc3cc(-c4ccc5c(-c6c7ccccc7c(-c7cccc8oc9ccccc9c78)c7ccccc67)cccc5c4)ccc23)cc(-c2c3ccccc3c(-c3cccc4ccccc34)c3ccccc23)c1. The zero-order chi connectivity index (χ0) is 50.6. The van der Waals surface area contributed by atoms with Crippen LogP contribution in [-0.2, 0) is 0 Å². The topological polar surface area (TPSA) is 13.1 Å². The van der Waals surface area contributed by atoms with Gasteiger partial charge in [-0.15, -0.1) is 0 Å². The van der Waals surface area contributed by atoms with Gasteiger partial charge in [-0.3, -0.25) is 0 Å². The number of fused-ring (bicyclic) bond motifs is 10. The second-order valence-electron chi connectivity index (χ2n) is 20.5. The largest absolute Gasteiger partial charge is 0.456 e. The van der Waals surface area contributed by atoms with Gasteiger partial charge in [-0.2, -0.15) is 0 Å². The minimum absolute atomic E-state index is 0.904. The molecule has 1 heteroatoms. The maximum atomic E-state index is 6.43. The van der Waals surface area contributed by atoms with Gasteiger partial charge in [0.1, 0.15) is 11.2 Å². The molecule has 15 aromatic carbocycles. The van der Waals surface area contributed by atoms with Gasteiger partial charge in [-0.05, 0) is 173 Å². The van der Waals surface area contributed by atoms with Crippen molar-refractivity contribution in [3.05, 3.63) is 279 Å². The minimum Gasteiger partial charge on any atom is -0.456 e. The van der Waals surface area contributed by atoms with E-state index in [1.165, 1.54) is 142 Å². The first-order chi connectivity index (χ1) is 38.2. The lowest BCUT2D eigenvalue weighted by atomic mass is 9.83. The highest BCUT2D eigenvalue weighted by atomic mass is 16.3. The Hall–Kier alpha value is -10.1. The molecule has 1 nitrogen and oxygen atoms in total. The molecule has 77 heavy (non-hydrogen) atoms. The molecule has 0 bridgehead atoms. The van der Waals surface area contributed by atoms with Gasteiger partial charge in [0.2, 0.25) is 0 Å². The van der Waals surface area contributed by atoms with Crippen molar-refractivity contribution in [2.45, 2.75) is 0 Å². The lowest BCUT2D eigenvalue weighted by Crippen LogP contribution is -1.92. The van der Waals surface area contributed by atoms with Crippen LogP contribution in [0.5, 0.6) is 0 Å². The highest BCUT2D eigenvalue weighted by molar-refractivity contribution is 6.28. The van der Waals surface area contributed by atoms with Crippen LogP contribution in [0.1, 0.15) is 0 Å². The third-order valence-corrected chi connectivity index (χ3v) is 16.4. The van der Waals surface area contributed by atoms with Crippen LogP contribution in [0.15, 0.2) is 283 Å². The summed E-state index contributed by atoms with van der Waals surface area (Å²) in [6.45, 7) is 0. The van der Waals surface area contributed by atoms with Crippen molar-refractivity contribution in [1.82, 2.24) is 0 Å². The first kappa shape index (κ1) is 43.3. The number of para-hydroxylation sites is 1. The molecular formula is C76H46O. The Morgan fingerprint density at radius 2 is 0.545 bits per heavy atom. The van der Waals surface area contributed by atoms with Crippen LogP contribution >= 0.6 is 0 Å². The molecule has 0 fully saturated rings. The molecule has 0 saturated carbocycles. The normalized spacial score (nSPS) is 11.9. The highest BCUT2D eigenvalue weighted by Crippen LogP contribution is 2.50. The first-order valence-electron chi connectivity index (χ1n) is 26.6. The molecule has 0 amide bonds. The second kappa shape index (κ2) is 17.2. The van der Waals surface area contributed by atoms with Crippen LogP contribution < -0.4 is 0 Å². The number of furan rings is 1. The molecule has 0 radical (unpaired) electrons. The highest BCUT2D eigenvalue weighted by Gasteiger charge is 2.22. The lowest BCUT2D eigenvalue weighted by Gasteiger charge is -2.19. The van der Waals surface area contributed by atoms with Gasteiger partial charge in [-0.1, -0.05) is 249 Å². The molecule has 0 saturated heterocycles. The van der Waals surface area contributed by atoms with E-state index in [9.17, 15) is 0 Å². The molecular weight excluding hydrogens is 929 g/mol. The van der Waals surface area contributed by atoms with Crippen molar-refractivity contribution in [1.29, 1.82) is 0 Å².